The average Bonchev–Trinajstić information content (AvgIpc) is 2.92. The molecule has 0 bridgehead atoms. The number of aromatic nitrogens is 2. The molecule has 11 heteroatoms. The van der Waals surface area contributed by atoms with Crippen LogP contribution in [0.1, 0.15) is 0 Å². The first-order valence-corrected chi connectivity index (χ1v) is 8.01. The molecule has 1 aromatic heterocycles. The molecule has 3 N–H and O–H groups in total. The van der Waals surface area contributed by atoms with Crippen molar-refractivity contribution in [3.05, 3.63) is 40.7 Å². The number of benzene rings is 1. The van der Waals surface area contributed by atoms with Gasteiger partial charge in [-0.25, -0.2) is 13.2 Å². The maximum atomic E-state index is 13.7. The van der Waals surface area contributed by atoms with Crippen LogP contribution in [0, 0.1) is 17.5 Å². The fraction of sp³-hybridized carbons (Fsp3) is 0.154. The van der Waals surface area contributed by atoms with Crippen LogP contribution in [-0.2, 0) is 4.79 Å². The second-order valence-electron chi connectivity index (χ2n) is 4.64. The highest BCUT2D eigenvalue weighted by molar-refractivity contribution is 8.05. The van der Waals surface area contributed by atoms with Gasteiger partial charge in [0, 0.05) is 20.3 Å². The SMILES string of the molecule is CN(C)/C=C(\Sc1nnc(N)s1)C(=O)Nc1ccc(F)c(F)c1F. The van der Waals surface area contributed by atoms with Crippen LogP contribution >= 0.6 is 23.1 Å². The zero-order valence-electron chi connectivity index (χ0n) is 12.5. The zero-order valence-corrected chi connectivity index (χ0v) is 14.1. The number of amides is 1. The standard InChI is InChI=1S/C13H12F3N5OS2/c1-21(2)5-8(23-13-20-19-12(17)24-13)11(22)18-7-4-3-6(14)9(15)10(7)16/h3-5H,1-2H3,(H2,17,19)(H,18,22)/b8-5-. The van der Waals surface area contributed by atoms with Gasteiger partial charge in [-0.2, -0.15) is 0 Å². The quantitative estimate of drug-likeness (QED) is 0.475. The van der Waals surface area contributed by atoms with Gasteiger partial charge in [0.1, 0.15) is 0 Å². The number of anilines is 2. The number of nitrogen functional groups attached to an aromatic ring is 1. The summed E-state index contributed by atoms with van der Waals surface area (Å²) in [6.07, 6.45) is 1.47. The fourth-order valence-electron chi connectivity index (χ4n) is 1.53. The van der Waals surface area contributed by atoms with Gasteiger partial charge in [-0.15, -0.1) is 10.2 Å². The Morgan fingerprint density at radius 1 is 1.29 bits per heavy atom. The summed E-state index contributed by atoms with van der Waals surface area (Å²) in [6.45, 7) is 0. The van der Waals surface area contributed by atoms with Gasteiger partial charge in [0.15, 0.2) is 21.8 Å². The molecule has 0 spiro atoms. The highest BCUT2D eigenvalue weighted by Crippen LogP contribution is 2.31. The molecule has 0 radical (unpaired) electrons. The highest BCUT2D eigenvalue weighted by atomic mass is 32.2. The summed E-state index contributed by atoms with van der Waals surface area (Å²) in [4.78, 5) is 14.1. The Bertz CT molecular complexity index is 794. The summed E-state index contributed by atoms with van der Waals surface area (Å²) >= 11 is 2.03. The molecule has 0 aliphatic rings. The molecule has 24 heavy (non-hydrogen) atoms. The van der Waals surface area contributed by atoms with Crippen LogP contribution in [0.25, 0.3) is 0 Å². The molecule has 0 aliphatic heterocycles. The molecule has 0 saturated heterocycles. The largest absolute Gasteiger partial charge is 0.382 e. The van der Waals surface area contributed by atoms with Gasteiger partial charge in [-0.1, -0.05) is 11.3 Å². The summed E-state index contributed by atoms with van der Waals surface area (Å²) in [7, 11) is 3.36. The van der Waals surface area contributed by atoms with Crippen LogP contribution in [0.4, 0.5) is 24.0 Å². The molecule has 6 nitrogen and oxygen atoms in total. The first-order chi connectivity index (χ1) is 11.3. The van der Waals surface area contributed by atoms with E-state index in [0.29, 0.717) is 4.34 Å². The number of nitrogens with zero attached hydrogens (tertiary/aromatic N) is 3. The van der Waals surface area contributed by atoms with Crippen LogP contribution in [0.3, 0.4) is 0 Å². The zero-order chi connectivity index (χ0) is 17.9. The van der Waals surface area contributed by atoms with Crippen molar-refractivity contribution < 1.29 is 18.0 Å². The van der Waals surface area contributed by atoms with Crippen molar-refractivity contribution in [1.82, 2.24) is 15.1 Å². The van der Waals surface area contributed by atoms with E-state index < -0.39 is 29.0 Å². The molecule has 1 heterocycles. The van der Waals surface area contributed by atoms with E-state index in [4.69, 9.17) is 5.73 Å². The van der Waals surface area contributed by atoms with Crippen LogP contribution < -0.4 is 11.1 Å². The second kappa shape index (κ2) is 7.53. The van der Waals surface area contributed by atoms with Crippen LogP contribution in [0.2, 0.25) is 0 Å². The Morgan fingerprint density at radius 2 is 2.00 bits per heavy atom. The Kier molecular flexibility index (Phi) is 5.67. The van der Waals surface area contributed by atoms with Gasteiger partial charge < -0.3 is 16.0 Å². The van der Waals surface area contributed by atoms with Crippen molar-refractivity contribution in [2.75, 3.05) is 25.1 Å². The number of carbonyl (C=O) groups is 1. The van der Waals surface area contributed by atoms with Crippen LogP contribution in [0.15, 0.2) is 27.6 Å². The predicted molar refractivity (Wildman–Crippen MR) is 86.9 cm³/mol. The number of nitrogens with two attached hydrogens (primary N) is 1. The summed E-state index contributed by atoms with van der Waals surface area (Å²) in [5, 5.41) is 9.84. The third-order valence-electron chi connectivity index (χ3n) is 2.50. The van der Waals surface area contributed by atoms with Gasteiger partial charge in [0.2, 0.25) is 5.13 Å². The van der Waals surface area contributed by atoms with Gasteiger partial charge in [-0.05, 0) is 23.9 Å². The molecule has 0 unspecified atom stereocenters. The van der Waals surface area contributed by atoms with E-state index in [-0.39, 0.29) is 10.0 Å². The topological polar surface area (TPSA) is 84.1 Å². The molecule has 0 atom stereocenters. The molecule has 2 aromatic rings. The van der Waals surface area contributed by atoms with E-state index in [2.05, 4.69) is 15.5 Å². The maximum absolute atomic E-state index is 13.7. The van der Waals surface area contributed by atoms with Gasteiger partial charge >= 0.3 is 0 Å². The van der Waals surface area contributed by atoms with Crippen molar-refractivity contribution >= 4 is 39.8 Å². The van der Waals surface area contributed by atoms with E-state index >= 15 is 0 Å². The molecular weight excluding hydrogens is 363 g/mol. The Hall–Kier alpha value is -2.27. The summed E-state index contributed by atoms with van der Waals surface area (Å²) in [5.74, 6) is -5.19. The molecule has 1 amide bonds. The molecule has 0 saturated carbocycles. The molecule has 1 aromatic carbocycles. The minimum atomic E-state index is -1.66. The number of hydrogen-bond acceptors (Lipinski definition) is 7. The molecule has 2 rings (SSSR count). The number of thioether (sulfide) groups is 1. The lowest BCUT2D eigenvalue weighted by Gasteiger charge is -2.12. The highest BCUT2D eigenvalue weighted by Gasteiger charge is 2.19. The van der Waals surface area contributed by atoms with Gasteiger partial charge in [0.05, 0.1) is 10.6 Å². The molecule has 0 fully saturated rings. The van der Waals surface area contributed by atoms with Crippen LogP contribution in [-0.4, -0.2) is 35.1 Å². The van der Waals surface area contributed by atoms with E-state index in [9.17, 15) is 18.0 Å². The normalized spacial score (nSPS) is 11.5. The third kappa shape index (κ3) is 4.38. The van der Waals surface area contributed by atoms with Crippen molar-refractivity contribution in [2.45, 2.75) is 4.34 Å². The molecule has 0 aliphatic carbocycles. The smallest absolute Gasteiger partial charge is 0.264 e. The number of hydrogen-bond donors (Lipinski definition) is 2. The average molecular weight is 375 g/mol. The number of carbonyl (C=O) groups excluding carboxylic acids is 1. The van der Waals surface area contributed by atoms with E-state index in [1.807, 2.05) is 0 Å². The Balaban J connectivity index is 2.24. The van der Waals surface area contributed by atoms with Crippen molar-refractivity contribution in [3.63, 3.8) is 0 Å². The predicted octanol–water partition coefficient (Wildman–Crippen LogP) is 2.67. The maximum Gasteiger partial charge on any atom is 0.264 e. The number of rotatable bonds is 5. The van der Waals surface area contributed by atoms with E-state index in [1.54, 1.807) is 19.0 Å². The molecule has 128 valence electrons. The summed E-state index contributed by atoms with van der Waals surface area (Å²) in [5.41, 5.74) is 5.01. The van der Waals surface area contributed by atoms with Crippen molar-refractivity contribution in [2.24, 2.45) is 0 Å². The van der Waals surface area contributed by atoms with Crippen molar-refractivity contribution in [1.29, 1.82) is 0 Å². The number of halogens is 3. The lowest BCUT2D eigenvalue weighted by Crippen LogP contribution is -2.17. The lowest BCUT2D eigenvalue weighted by atomic mass is 10.2. The minimum Gasteiger partial charge on any atom is -0.382 e. The summed E-state index contributed by atoms with van der Waals surface area (Å²) < 4.78 is 40.3. The fourth-order valence-corrected chi connectivity index (χ4v) is 3.24. The Morgan fingerprint density at radius 3 is 2.58 bits per heavy atom. The lowest BCUT2D eigenvalue weighted by molar-refractivity contribution is -0.112. The number of nitrogens with one attached hydrogen (secondary N) is 1. The van der Waals surface area contributed by atoms with Crippen LogP contribution in [0.5, 0.6) is 0 Å². The second-order valence-corrected chi connectivity index (χ2v) is 6.94. The molecular formula is C13H12F3N5OS2. The minimum absolute atomic E-state index is 0.139. The summed E-state index contributed by atoms with van der Waals surface area (Å²) in [6, 6.07) is 1.66. The van der Waals surface area contributed by atoms with Crippen molar-refractivity contribution in [3.8, 4) is 0 Å². The van der Waals surface area contributed by atoms with E-state index in [1.165, 1.54) is 6.20 Å². The van der Waals surface area contributed by atoms with E-state index in [0.717, 1.165) is 35.2 Å². The first-order valence-electron chi connectivity index (χ1n) is 6.38. The van der Waals surface area contributed by atoms with Gasteiger partial charge in [0.25, 0.3) is 5.91 Å². The Labute approximate surface area is 143 Å². The monoisotopic (exact) mass is 375 g/mol. The van der Waals surface area contributed by atoms with Gasteiger partial charge in [-0.3, -0.25) is 4.79 Å². The third-order valence-corrected chi connectivity index (χ3v) is 4.32. The first kappa shape index (κ1) is 18.1.